The summed E-state index contributed by atoms with van der Waals surface area (Å²) in [7, 11) is 0. The van der Waals surface area contributed by atoms with E-state index in [0.717, 1.165) is 41.6 Å². The Morgan fingerprint density at radius 1 is 1.18 bits per heavy atom. The third kappa shape index (κ3) is 2.48. The summed E-state index contributed by atoms with van der Waals surface area (Å²) in [5.41, 5.74) is 1.11. The fourth-order valence-corrected chi connectivity index (χ4v) is 4.68. The third-order valence-electron chi connectivity index (χ3n) is 3.94. The minimum Gasteiger partial charge on any atom is -0.342 e. The molecular weight excluding hydrogens is 316 g/mol. The second-order valence-corrected chi connectivity index (χ2v) is 7.35. The van der Waals surface area contributed by atoms with Gasteiger partial charge in [-0.1, -0.05) is 35.2 Å². The van der Waals surface area contributed by atoms with E-state index in [9.17, 15) is 4.79 Å². The number of amides is 1. The number of thiazole rings is 1. The minimum atomic E-state index is 0.209. The molecule has 1 aromatic carbocycles. The number of carbonyl (C=O) groups excluding carboxylic acids is 1. The van der Waals surface area contributed by atoms with Crippen molar-refractivity contribution in [3.05, 3.63) is 24.3 Å². The largest absolute Gasteiger partial charge is 0.342 e. The number of hydrogen-bond donors (Lipinski definition) is 0. The van der Waals surface area contributed by atoms with Gasteiger partial charge in [0.2, 0.25) is 10.9 Å². The molecule has 0 saturated carbocycles. The van der Waals surface area contributed by atoms with E-state index in [1.54, 1.807) is 11.3 Å². The summed E-state index contributed by atoms with van der Waals surface area (Å²) >= 11 is 3.11. The van der Waals surface area contributed by atoms with Crippen LogP contribution in [0.3, 0.4) is 0 Å². The van der Waals surface area contributed by atoms with Gasteiger partial charge in [0.15, 0.2) is 5.16 Å². The lowest BCUT2D eigenvalue weighted by Gasteiger charge is -2.26. The quantitative estimate of drug-likeness (QED) is 0.692. The first-order valence-corrected chi connectivity index (χ1v) is 9.26. The predicted octanol–water partition coefficient (Wildman–Crippen LogP) is 3.05. The van der Waals surface area contributed by atoms with Crippen LogP contribution in [0.25, 0.3) is 15.2 Å². The van der Waals surface area contributed by atoms with Crippen LogP contribution in [0, 0.1) is 0 Å². The van der Waals surface area contributed by atoms with E-state index in [-0.39, 0.29) is 5.91 Å². The van der Waals surface area contributed by atoms with Gasteiger partial charge in [-0.15, -0.1) is 10.2 Å². The number of aromatic nitrogens is 3. The van der Waals surface area contributed by atoms with Crippen molar-refractivity contribution in [3.8, 4) is 0 Å². The molecule has 2 aromatic heterocycles. The van der Waals surface area contributed by atoms with E-state index in [2.05, 4.69) is 22.3 Å². The fourth-order valence-electron chi connectivity index (χ4n) is 2.81. The van der Waals surface area contributed by atoms with E-state index in [4.69, 9.17) is 0 Å². The first kappa shape index (κ1) is 14.0. The van der Waals surface area contributed by atoms with E-state index >= 15 is 0 Å². The van der Waals surface area contributed by atoms with Crippen LogP contribution in [0.5, 0.6) is 0 Å². The molecule has 0 unspecified atom stereocenters. The smallest absolute Gasteiger partial charge is 0.233 e. The number of thioether (sulfide) groups is 1. The van der Waals surface area contributed by atoms with Gasteiger partial charge in [0, 0.05) is 13.1 Å². The van der Waals surface area contributed by atoms with Crippen LogP contribution < -0.4 is 0 Å². The molecule has 7 heteroatoms. The summed E-state index contributed by atoms with van der Waals surface area (Å²) in [6.07, 6.45) is 3.49. The molecule has 0 atom stereocenters. The Morgan fingerprint density at radius 3 is 2.86 bits per heavy atom. The number of hydrogen-bond acceptors (Lipinski definition) is 5. The topological polar surface area (TPSA) is 50.5 Å². The van der Waals surface area contributed by atoms with E-state index in [1.807, 2.05) is 21.4 Å². The van der Waals surface area contributed by atoms with Gasteiger partial charge in [-0.25, -0.2) is 0 Å². The Morgan fingerprint density at radius 2 is 2.00 bits per heavy atom. The number of piperidine rings is 1. The zero-order chi connectivity index (χ0) is 14.9. The summed E-state index contributed by atoms with van der Waals surface area (Å²) in [6, 6.07) is 8.20. The molecule has 0 spiro atoms. The first-order chi connectivity index (χ1) is 10.8. The summed E-state index contributed by atoms with van der Waals surface area (Å²) < 4.78 is 3.24. The first-order valence-electron chi connectivity index (χ1n) is 7.46. The molecule has 4 rings (SSSR count). The van der Waals surface area contributed by atoms with E-state index in [1.165, 1.54) is 22.9 Å². The van der Waals surface area contributed by atoms with Crippen LogP contribution in [-0.4, -0.2) is 44.2 Å². The van der Waals surface area contributed by atoms with Gasteiger partial charge >= 0.3 is 0 Å². The maximum atomic E-state index is 12.3. The van der Waals surface area contributed by atoms with Crippen molar-refractivity contribution >= 4 is 44.2 Å². The lowest BCUT2D eigenvalue weighted by Crippen LogP contribution is -2.36. The molecule has 1 aliphatic rings. The van der Waals surface area contributed by atoms with E-state index in [0.29, 0.717) is 5.75 Å². The summed E-state index contributed by atoms with van der Waals surface area (Å²) in [4.78, 5) is 15.1. The number of fused-ring (bicyclic) bond motifs is 3. The molecule has 1 aliphatic heterocycles. The van der Waals surface area contributed by atoms with Crippen LogP contribution in [0.15, 0.2) is 29.4 Å². The number of likely N-dealkylation sites (tertiary alicyclic amines) is 1. The van der Waals surface area contributed by atoms with Gasteiger partial charge in [0.1, 0.15) is 0 Å². The fraction of sp³-hybridized carbons (Fsp3) is 0.400. The van der Waals surface area contributed by atoms with Crippen LogP contribution in [0.2, 0.25) is 0 Å². The van der Waals surface area contributed by atoms with Crippen molar-refractivity contribution in [1.82, 2.24) is 19.5 Å². The summed E-state index contributed by atoms with van der Waals surface area (Å²) in [5, 5.41) is 9.27. The average Bonchev–Trinajstić information content (AvgIpc) is 3.12. The van der Waals surface area contributed by atoms with Crippen LogP contribution >= 0.6 is 23.1 Å². The Kier molecular flexibility index (Phi) is 3.75. The standard InChI is InChI=1S/C15H16N4OS2/c20-13(18-8-4-1-5-9-18)10-21-14-16-17-15-19(14)11-6-2-3-7-12(11)22-15/h2-3,6-7H,1,4-5,8-10H2. The number of para-hydroxylation sites is 1. The molecule has 114 valence electrons. The van der Waals surface area contributed by atoms with Crippen LogP contribution in [-0.2, 0) is 4.79 Å². The number of nitrogens with zero attached hydrogens (tertiary/aromatic N) is 4. The normalized spacial score (nSPS) is 15.7. The maximum Gasteiger partial charge on any atom is 0.233 e. The minimum absolute atomic E-state index is 0.209. The van der Waals surface area contributed by atoms with Gasteiger partial charge in [0.05, 0.1) is 16.0 Å². The van der Waals surface area contributed by atoms with Gasteiger partial charge in [0.25, 0.3) is 0 Å². The molecule has 22 heavy (non-hydrogen) atoms. The Bertz CT molecular complexity index is 819. The average molecular weight is 332 g/mol. The molecule has 0 N–H and O–H groups in total. The third-order valence-corrected chi connectivity index (χ3v) is 5.87. The van der Waals surface area contributed by atoms with E-state index < -0.39 is 0 Å². The van der Waals surface area contributed by atoms with Gasteiger partial charge in [-0.3, -0.25) is 9.20 Å². The summed E-state index contributed by atoms with van der Waals surface area (Å²) in [5.74, 6) is 0.645. The number of carbonyl (C=O) groups is 1. The van der Waals surface area contributed by atoms with Crippen molar-refractivity contribution in [1.29, 1.82) is 0 Å². The van der Waals surface area contributed by atoms with Crippen molar-refractivity contribution < 1.29 is 4.79 Å². The van der Waals surface area contributed by atoms with Gasteiger partial charge in [-0.05, 0) is 31.4 Å². The zero-order valence-corrected chi connectivity index (χ0v) is 13.7. The van der Waals surface area contributed by atoms with Crippen molar-refractivity contribution in [2.45, 2.75) is 24.4 Å². The van der Waals surface area contributed by atoms with Crippen molar-refractivity contribution in [3.63, 3.8) is 0 Å². The van der Waals surface area contributed by atoms with Crippen molar-refractivity contribution in [2.75, 3.05) is 18.8 Å². The SMILES string of the molecule is O=C(CSc1nnc2sc3ccccc3n12)N1CCCCC1. The molecule has 0 radical (unpaired) electrons. The number of rotatable bonds is 3. The lowest BCUT2D eigenvalue weighted by molar-refractivity contribution is -0.129. The highest BCUT2D eigenvalue weighted by atomic mass is 32.2. The number of benzene rings is 1. The second kappa shape index (κ2) is 5.89. The van der Waals surface area contributed by atoms with Crippen LogP contribution in [0.4, 0.5) is 0 Å². The van der Waals surface area contributed by atoms with Crippen molar-refractivity contribution in [2.24, 2.45) is 0 Å². The molecule has 0 bridgehead atoms. The Labute approximate surface area is 136 Å². The Hall–Kier alpha value is -1.60. The molecule has 3 aromatic rings. The zero-order valence-electron chi connectivity index (χ0n) is 12.1. The monoisotopic (exact) mass is 332 g/mol. The lowest BCUT2D eigenvalue weighted by atomic mass is 10.1. The highest BCUT2D eigenvalue weighted by molar-refractivity contribution is 7.99. The summed E-state index contributed by atoms with van der Waals surface area (Å²) in [6.45, 7) is 1.80. The second-order valence-electron chi connectivity index (χ2n) is 5.40. The molecule has 1 fully saturated rings. The maximum absolute atomic E-state index is 12.3. The molecule has 0 aliphatic carbocycles. The molecule has 3 heterocycles. The van der Waals surface area contributed by atoms with Gasteiger partial charge in [-0.2, -0.15) is 0 Å². The molecule has 1 amide bonds. The highest BCUT2D eigenvalue weighted by Crippen LogP contribution is 2.29. The van der Waals surface area contributed by atoms with Crippen LogP contribution in [0.1, 0.15) is 19.3 Å². The van der Waals surface area contributed by atoms with Gasteiger partial charge < -0.3 is 4.90 Å². The highest BCUT2D eigenvalue weighted by Gasteiger charge is 2.18. The molecular formula is C15H16N4OS2. The molecule has 1 saturated heterocycles. The Balaban J connectivity index is 1.55. The predicted molar refractivity (Wildman–Crippen MR) is 89.5 cm³/mol. The molecule has 5 nitrogen and oxygen atoms in total.